The molecular formula is C26H28N6O3S. The van der Waals surface area contributed by atoms with Gasteiger partial charge in [0.25, 0.3) is 0 Å². The van der Waals surface area contributed by atoms with Crippen molar-refractivity contribution >= 4 is 45.8 Å². The zero-order valence-corrected chi connectivity index (χ0v) is 21.2. The number of hydrogen-bond acceptors (Lipinski definition) is 8. The molecular weight excluding hydrogens is 476 g/mol. The Kier molecular flexibility index (Phi) is 8.30. The van der Waals surface area contributed by atoms with E-state index in [4.69, 9.17) is 26.4 Å². The van der Waals surface area contributed by atoms with Crippen LogP contribution < -0.4 is 30.2 Å². The molecule has 0 aliphatic carbocycles. The second-order valence-corrected chi connectivity index (χ2v) is 8.21. The SMILES string of the molecule is COc1cc(Nc2cnc3ccc(NC(=S)NCCCc4ccccc4)nc3n2)cc(OC)c1OC. The predicted molar refractivity (Wildman–Crippen MR) is 146 cm³/mol. The van der Waals surface area contributed by atoms with E-state index in [1.54, 1.807) is 39.7 Å². The molecule has 0 aliphatic heterocycles. The molecule has 0 saturated heterocycles. The van der Waals surface area contributed by atoms with Gasteiger partial charge in [0, 0.05) is 24.4 Å². The Balaban J connectivity index is 1.40. The van der Waals surface area contributed by atoms with Gasteiger partial charge in [-0.05, 0) is 42.8 Å². The Morgan fingerprint density at radius 1 is 0.889 bits per heavy atom. The minimum absolute atomic E-state index is 0.476. The van der Waals surface area contributed by atoms with Gasteiger partial charge in [0.15, 0.2) is 28.1 Å². The topological polar surface area (TPSA) is 102 Å². The van der Waals surface area contributed by atoms with Crippen LogP contribution in [0, 0.1) is 0 Å². The first-order valence-electron chi connectivity index (χ1n) is 11.4. The fourth-order valence-corrected chi connectivity index (χ4v) is 3.83. The molecule has 0 atom stereocenters. The molecule has 4 aromatic rings. The van der Waals surface area contributed by atoms with Crippen molar-refractivity contribution in [2.45, 2.75) is 12.8 Å². The van der Waals surface area contributed by atoms with Crippen LogP contribution in [-0.4, -0.2) is 47.9 Å². The van der Waals surface area contributed by atoms with Gasteiger partial charge >= 0.3 is 0 Å². The summed E-state index contributed by atoms with van der Waals surface area (Å²) in [4.78, 5) is 13.6. The lowest BCUT2D eigenvalue weighted by atomic mass is 10.1. The average molecular weight is 505 g/mol. The number of pyridine rings is 1. The van der Waals surface area contributed by atoms with Gasteiger partial charge in [0.2, 0.25) is 5.75 Å². The van der Waals surface area contributed by atoms with Crippen LogP contribution >= 0.6 is 12.2 Å². The summed E-state index contributed by atoms with van der Waals surface area (Å²) in [7, 11) is 4.70. The van der Waals surface area contributed by atoms with E-state index < -0.39 is 0 Å². The molecule has 10 heteroatoms. The quantitative estimate of drug-likeness (QED) is 0.208. The molecule has 2 heterocycles. The summed E-state index contributed by atoms with van der Waals surface area (Å²) in [6.07, 6.45) is 3.60. The van der Waals surface area contributed by atoms with E-state index in [-0.39, 0.29) is 0 Å². The summed E-state index contributed by atoms with van der Waals surface area (Å²) in [6, 6.07) is 17.6. The molecule has 36 heavy (non-hydrogen) atoms. The molecule has 0 radical (unpaired) electrons. The highest BCUT2D eigenvalue weighted by Gasteiger charge is 2.14. The maximum atomic E-state index is 5.42. The summed E-state index contributed by atoms with van der Waals surface area (Å²) in [5, 5.41) is 10.1. The predicted octanol–water partition coefficient (Wildman–Crippen LogP) is 4.71. The number of thiocarbonyl (C=S) groups is 1. The van der Waals surface area contributed by atoms with Crippen molar-refractivity contribution in [2.75, 3.05) is 38.5 Å². The number of aromatic nitrogens is 3. The molecule has 3 N–H and O–H groups in total. The second kappa shape index (κ2) is 12.0. The molecule has 2 aromatic heterocycles. The Morgan fingerprint density at radius 3 is 2.31 bits per heavy atom. The first-order chi connectivity index (χ1) is 17.6. The number of methoxy groups -OCH3 is 3. The van der Waals surface area contributed by atoms with Gasteiger partial charge in [0.05, 0.1) is 27.5 Å². The van der Waals surface area contributed by atoms with Crippen LogP contribution in [0.1, 0.15) is 12.0 Å². The van der Waals surface area contributed by atoms with Crippen molar-refractivity contribution < 1.29 is 14.2 Å². The lowest BCUT2D eigenvalue weighted by Gasteiger charge is -2.15. The fraction of sp³-hybridized carbons (Fsp3) is 0.231. The van der Waals surface area contributed by atoms with Crippen LogP contribution in [-0.2, 0) is 6.42 Å². The molecule has 9 nitrogen and oxygen atoms in total. The highest BCUT2D eigenvalue weighted by Crippen LogP contribution is 2.40. The molecule has 0 aliphatic rings. The van der Waals surface area contributed by atoms with Crippen LogP contribution in [0.4, 0.5) is 17.3 Å². The smallest absolute Gasteiger partial charge is 0.203 e. The largest absolute Gasteiger partial charge is 0.493 e. The summed E-state index contributed by atoms with van der Waals surface area (Å²) in [6.45, 7) is 0.761. The highest BCUT2D eigenvalue weighted by atomic mass is 32.1. The maximum absolute atomic E-state index is 5.42. The monoisotopic (exact) mass is 504 g/mol. The number of nitrogens with one attached hydrogen (secondary N) is 3. The van der Waals surface area contributed by atoms with Gasteiger partial charge in [-0.15, -0.1) is 0 Å². The van der Waals surface area contributed by atoms with E-state index in [1.807, 2.05) is 18.2 Å². The Morgan fingerprint density at radius 2 is 1.61 bits per heavy atom. The van der Waals surface area contributed by atoms with Crippen LogP contribution in [0.15, 0.2) is 60.8 Å². The molecule has 0 spiro atoms. The summed E-state index contributed by atoms with van der Waals surface area (Å²) in [5.41, 5.74) is 3.15. The van der Waals surface area contributed by atoms with Gasteiger partial charge in [-0.3, -0.25) is 0 Å². The van der Waals surface area contributed by atoms with Crippen molar-refractivity contribution in [2.24, 2.45) is 0 Å². The van der Waals surface area contributed by atoms with Crippen LogP contribution in [0.3, 0.4) is 0 Å². The molecule has 0 saturated carbocycles. The van der Waals surface area contributed by atoms with Crippen LogP contribution in [0.25, 0.3) is 11.2 Å². The van der Waals surface area contributed by atoms with Crippen molar-refractivity contribution in [1.82, 2.24) is 20.3 Å². The third-order valence-electron chi connectivity index (χ3n) is 5.36. The zero-order valence-electron chi connectivity index (χ0n) is 20.4. The number of nitrogens with zero attached hydrogens (tertiary/aromatic N) is 3. The van der Waals surface area contributed by atoms with Crippen LogP contribution in [0.2, 0.25) is 0 Å². The first kappa shape index (κ1) is 24.9. The maximum Gasteiger partial charge on any atom is 0.203 e. The minimum atomic E-state index is 0.476. The summed E-state index contributed by atoms with van der Waals surface area (Å²) >= 11 is 5.42. The third-order valence-corrected chi connectivity index (χ3v) is 5.60. The van der Waals surface area contributed by atoms with Gasteiger partial charge in [-0.2, -0.15) is 0 Å². The number of anilines is 3. The first-order valence-corrected chi connectivity index (χ1v) is 11.8. The lowest BCUT2D eigenvalue weighted by Crippen LogP contribution is -2.29. The Hall–Kier alpha value is -4.18. The lowest BCUT2D eigenvalue weighted by molar-refractivity contribution is 0.324. The summed E-state index contributed by atoms with van der Waals surface area (Å²) < 4.78 is 16.2. The third kappa shape index (κ3) is 6.28. The molecule has 186 valence electrons. The number of ether oxygens (including phenoxy) is 3. The van der Waals surface area contributed by atoms with Crippen molar-refractivity contribution in [3.8, 4) is 17.2 Å². The summed E-state index contributed by atoms with van der Waals surface area (Å²) in [5.74, 6) is 2.67. The van der Waals surface area contributed by atoms with Gasteiger partial charge in [0.1, 0.15) is 11.3 Å². The van der Waals surface area contributed by atoms with Crippen molar-refractivity contribution in [1.29, 1.82) is 0 Å². The second-order valence-electron chi connectivity index (χ2n) is 7.80. The average Bonchev–Trinajstić information content (AvgIpc) is 2.91. The molecule has 0 unspecified atom stereocenters. The number of hydrogen-bond donors (Lipinski definition) is 3. The fourth-order valence-electron chi connectivity index (χ4n) is 3.63. The number of benzene rings is 2. The number of rotatable bonds is 10. The van der Waals surface area contributed by atoms with Gasteiger partial charge in [-0.1, -0.05) is 30.3 Å². The van der Waals surface area contributed by atoms with E-state index in [9.17, 15) is 0 Å². The molecule has 2 aromatic carbocycles. The van der Waals surface area contributed by atoms with E-state index >= 15 is 0 Å². The molecule has 0 bridgehead atoms. The minimum Gasteiger partial charge on any atom is -0.493 e. The number of aryl methyl sites for hydroxylation is 1. The normalized spacial score (nSPS) is 10.5. The van der Waals surface area contributed by atoms with Crippen LogP contribution in [0.5, 0.6) is 17.2 Å². The van der Waals surface area contributed by atoms with E-state index in [1.165, 1.54) is 5.56 Å². The molecule has 0 amide bonds. The zero-order chi connectivity index (χ0) is 25.3. The van der Waals surface area contributed by atoms with Crippen molar-refractivity contribution in [3.63, 3.8) is 0 Å². The molecule has 0 fully saturated rings. The van der Waals surface area contributed by atoms with Crippen molar-refractivity contribution in [3.05, 3.63) is 66.4 Å². The van der Waals surface area contributed by atoms with Gasteiger partial charge in [-0.25, -0.2) is 15.0 Å². The Labute approximate surface area is 215 Å². The molecule has 4 rings (SSSR count). The highest BCUT2D eigenvalue weighted by molar-refractivity contribution is 7.80. The number of fused-ring (bicyclic) bond motifs is 1. The standard InChI is InChI=1S/C26H28N6O3S/c1-33-20-14-18(15-21(34-2)24(20)35-3)29-23-16-28-19-11-12-22(30-25(19)31-23)32-26(36)27-13-7-10-17-8-5-4-6-9-17/h4-6,8-9,11-12,14-16H,7,10,13H2,1-3H3,(H3,27,29,30,31,32,36). The van der Waals surface area contributed by atoms with E-state index in [0.29, 0.717) is 50.8 Å². The Bertz CT molecular complexity index is 1310. The van der Waals surface area contributed by atoms with E-state index in [0.717, 1.165) is 19.4 Å². The van der Waals surface area contributed by atoms with E-state index in [2.05, 4.69) is 55.2 Å². The van der Waals surface area contributed by atoms with Gasteiger partial charge < -0.3 is 30.2 Å².